The van der Waals surface area contributed by atoms with E-state index in [1.54, 1.807) is 12.1 Å². The van der Waals surface area contributed by atoms with Gasteiger partial charge in [-0.1, -0.05) is 59.6 Å². The van der Waals surface area contributed by atoms with E-state index in [0.717, 1.165) is 38.8 Å². The summed E-state index contributed by atoms with van der Waals surface area (Å²) in [4.78, 5) is 24.5. The van der Waals surface area contributed by atoms with Crippen LogP contribution in [0, 0.1) is 6.92 Å². The summed E-state index contributed by atoms with van der Waals surface area (Å²) >= 11 is 6.48. The molecular weight excluding hydrogens is 494 g/mol. The van der Waals surface area contributed by atoms with Gasteiger partial charge in [0.2, 0.25) is 0 Å². The number of aryl methyl sites for hydroxylation is 1. The van der Waals surface area contributed by atoms with Crippen molar-refractivity contribution < 1.29 is 9.90 Å². The molecule has 0 fully saturated rings. The quantitative estimate of drug-likeness (QED) is 0.267. The number of hydrogen-bond acceptors (Lipinski definition) is 3. The van der Waals surface area contributed by atoms with E-state index < -0.39 is 6.04 Å². The van der Waals surface area contributed by atoms with Crippen LogP contribution >= 0.6 is 11.6 Å². The minimum absolute atomic E-state index is 0.0757. The van der Waals surface area contributed by atoms with Crippen molar-refractivity contribution in [2.45, 2.75) is 25.9 Å². The normalized spacial score (nSPS) is 15.3. The predicted octanol–water partition coefficient (Wildman–Crippen LogP) is 6.83. The number of fused-ring (bicyclic) bond motifs is 2. The minimum atomic E-state index is -0.658. The summed E-state index contributed by atoms with van der Waals surface area (Å²) in [6.45, 7) is 2.46. The zero-order chi connectivity index (χ0) is 26.2. The van der Waals surface area contributed by atoms with Gasteiger partial charge in [-0.3, -0.25) is 9.79 Å². The lowest BCUT2D eigenvalue weighted by Gasteiger charge is -2.25. The highest BCUT2D eigenvalue weighted by Gasteiger charge is 2.33. The average molecular weight is 520 g/mol. The molecule has 0 saturated heterocycles. The smallest absolute Gasteiger partial charge is 0.252 e. The summed E-state index contributed by atoms with van der Waals surface area (Å²) in [6.07, 6.45) is 2.41. The number of anilines is 1. The Kier molecular flexibility index (Phi) is 6.22. The Labute approximate surface area is 226 Å². The number of halogens is 1. The monoisotopic (exact) mass is 519 g/mol. The maximum atomic E-state index is 14.3. The fourth-order valence-electron chi connectivity index (χ4n) is 5.04. The molecule has 1 aliphatic heterocycles. The van der Waals surface area contributed by atoms with Crippen molar-refractivity contribution in [1.29, 1.82) is 0 Å². The van der Waals surface area contributed by atoms with Gasteiger partial charge in [0.05, 0.1) is 17.9 Å². The number of amides is 1. The highest BCUT2D eigenvalue weighted by molar-refractivity contribution is 6.32. The molecule has 5 nitrogen and oxygen atoms in total. The number of carbonyl (C=O) groups excluding carboxylic acids is 1. The van der Waals surface area contributed by atoms with E-state index in [0.29, 0.717) is 23.7 Å². The van der Waals surface area contributed by atoms with Crippen LogP contribution in [0.3, 0.4) is 0 Å². The average Bonchev–Trinajstić information content (AvgIpc) is 3.29. The number of aromatic nitrogens is 1. The number of nitrogens with one attached hydrogen (secondary N) is 1. The number of benzene rings is 4. The van der Waals surface area contributed by atoms with Crippen LogP contribution in [0.4, 0.5) is 5.69 Å². The van der Waals surface area contributed by atoms with E-state index in [4.69, 9.17) is 16.6 Å². The van der Waals surface area contributed by atoms with Crippen molar-refractivity contribution in [3.05, 3.63) is 130 Å². The maximum absolute atomic E-state index is 14.3. The Hall–Kier alpha value is -4.35. The lowest BCUT2D eigenvalue weighted by Crippen LogP contribution is -2.38. The topological polar surface area (TPSA) is 68.7 Å². The molecule has 1 atom stereocenters. The Morgan fingerprint density at radius 2 is 1.74 bits per heavy atom. The maximum Gasteiger partial charge on any atom is 0.252 e. The van der Waals surface area contributed by atoms with Gasteiger partial charge >= 0.3 is 0 Å². The largest absolute Gasteiger partial charge is 0.508 e. The Morgan fingerprint density at radius 3 is 2.53 bits per heavy atom. The third-order valence-corrected chi connectivity index (χ3v) is 7.27. The lowest BCUT2D eigenvalue weighted by molar-refractivity contribution is -0.119. The highest BCUT2D eigenvalue weighted by atomic mass is 35.5. The number of carbonyl (C=O) groups is 1. The first-order chi connectivity index (χ1) is 18.5. The van der Waals surface area contributed by atoms with Gasteiger partial charge in [0.25, 0.3) is 5.91 Å². The summed E-state index contributed by atoms with van der Waals surface area (Å²) in [5, 5.41) is 11.6. The van der Waals surface area contributed by atoms with Crippen LogP contribution in [0.2, 0.25) is 5.02 Å². The predicted molar refractivity (Wildman–Crippen MR) is 153 cm³/mol. The van der Waals surface area contributed by atoms with Crippen LogP contribution < -0.4 is 4.90 Å². The first kappa shape index (κ1) is 24.0. The molecule has 1 amide bonds. The van der Waals surface area contributed by atoms with E-state index >= 15 is 0 Å². The van der Waals surface area contributed by atoms with E-state index in [1.165, 1.54) is 5.56 Å². The molecule has 0 aliphatic carbocycles. The zero-order valence-electron chi connectivity index (χ0n) is 20.9. The number of para-hydroxylation sites is 1. The fraction of sp³-hybridized carbons (Fsp3) is 0.125. The zero-order valence-corrected chi connectivity index (χ0v) is 21.6. The SMILES string of the molecule is Cc1ccc(CN2C(=O)C(Cc3c[nH]c4ccccc34)N=C(c3ccc(O)cc3)c3cc(Cl)ccc32)cc1. The van der Waals surface area contributed by atoms with Gasteiger partial charge in [0, 0.05) is 39.7 Å². The Morgan fingerprint density at radius 1 is 0.974 bits per heavy atom. The fourth-order valence-corrected chi connectivity index (χ4v) is 5.21. The van der Waals surface area contributed by atoms with Gasteiger partial charge in [-0.25, -0.2) is 0 Å². The molecule has 0 saturated carbocycles. The van der Waals surface area contributed by atoms with E-state index in [-0.39, 0.29) is 11.7 Å². The van der Waals surface area contributed by atoms with Gasteiger partial charge in [-0.2, -0.15) is 0 Å². The van der Waals surface area contributed by atoms with Crippen molar-refractivity contribution in [3.8, 4) is 5.75 Å². The molecular formula is C32H26ClN3O2. The van der Waals surface area contributed by atoms with Crippen molar-refractivity contribution in [2.75, 3.05) is 4.90 Å². The molecule has 6 heteroatoms. The third-order valence-electron chi connectivity index (χ3n) is 7.03. The van der Waals surface area contributed by atoms with Crippen LogP contribution in [-0.2, 0) is 17.8 Å². The standard InChI is InChI=1S/C32H26ClN3O2/c1-20-6-8-21(9-7-20)19-36-30-15-12-24(33)17-27(30)31(22-10-13-25(37)14-11-22)35-29(32(36)38)16-23-18-34-28-5-3-2-4-26(23)28/h2-15,17-18,29,34,37H,16,19H2,1H3. The molecule has 2 N–H and O–H groups in total. The lowest BCUT2D eigenvalue weighted by atomic mass is 9.99. The van der Waals surface area contributed by atoms with Gasteiger partial charge in [-0.15, -0.1) is 0 Å². The Balaban J connectivity index is 1.51. The minimum Gasteiger partial charge on any atom is -0.508 e. The highest BCUT2D eigenvalue weighted by Crippen LogP contribution is 2.34. The molecule has 1 aliphatic rings. The number of nitrogens with zero attached hydrogens (tertiary/aromatic N) is 2. The van der Waals surface area contributed by atoms with Gasteiger partial charge in [0.1, 0.15) is 11.8 Å². The second kappa shape index (κ2) is 9.84. The van der Waals surface area contributed by atoms with Crippen LogP contribution in [0.1, 0.15) is 27.8 Å². The molecule has 4 aromatic carbocycles. The van der Waals surface area contributed by atoms with Gasteiger partial charge in [0.15, 0.2) is 0 Å². The molecule has 1 unspecified atom stereocenters. The number of aliphatic imine (C=N–C) groups is 1. The van der Waals surface area contributed by atoms with Crippen molar-refractivity contribution in [3.63, 3.8) is 0 Å². The van der Waals surface area contributed by atoms with Crippen molar-refractivity contribution in [2.24, 2.45) is 4.99 Å². The summed E-state index contributed by atoms with van der Waals surface area (Å²) in [6, 6.07) is 28.1. The number of phenolic OH excluding ortho intramolecular Hbond substituents is 1. The third kappa shape index (κ3) is 4.57. The van der Waals surface area contributed by atoms with E-state index in [1.807, 2.05) is 66.6 Å². The molecule has 38 heavy (non-hydrogen) atoms. The molecule has 0 spiro atoms. The van der Waals surface area contributed by atoms with Crippen molar-refractivity contribution >= 4 is 39.8 Å². The second-order valence-corrected chi connectivity index (χ2v) is 10.1. The first-order valence-corrected chi connectivity index (χ1v) is 12.9. The summed E-state index contributed by atoms with van der Waals surface area (Å²) in [7, 11) is 0. The Bertz CT molecular complexity index is 1670. The molecule has 2 heterocycles. The molecule has 1 aromatic heterocycles. The first-order valence-electron chi connectivity index (χ1n) is 12.6. The van der Waals surface area contributed by atoms with Crippen LogP contribution in [0.15, 0.2) is 102 Å². The van der Waals surface area contributed by atoms with Crippen LogP contribution in [0.25, 0.3) is 10.9 Å². The number of rotatable bonds is 5. The van der Waals surface area contributed by atoms with Crippen molar-refractivity contribution in [1.82, 2.24) is 4.98 Å². The number of benzodiazepines with no additional fused rings is 1. The number of hydrogen-bond donors (Lipinski definition) is 2. The second-order valence-electron chi connectivity index (χ2n) is 9.68. The number of phenols is 1. The molecule has 0 bridgehead atoms. The number of aromatic hydroxyl groups is 1. The molecule has 6 rings (SSSR count). The van der Waals surface area contributed by atoms with Gasteiger partial charge in [-0.05, 0) is 66.6 Å². The number of aromatic amines is 1. The molecule has 0 radical (unpaired) electrons. The van der Waals surface area contributed by atoms with E-state index in [2.05, 4.69) is 35.3 Å². The molecule has 5 aromatic rings. The van der Waals surface area contributed by atoms with Crippen LogP contribution in [-0.4, -0.2) is 27.8 Å². The summed E-state index contributed by atoms with van der Waals surface area (Å²) in [5.74, 6) is 0.0925. The van der Waals surface area contributed by atoms with E-state index in [9.17, 15) is 9.90 Å². The molecule has 188 valence electrons. The van der Waals surface area contributed by atoms with Crippen LogP contribution in [0.5, 0.6) is 5.75 Å². The summed E-state index contributed by atoms with van der Waals surface area (Å²) < 4.78 is 0. The number of H-pyrrole nitrogens is 1. The van der Waals surface area contributed by atoms with Gasteiger partial charge < -0.3 is 15.0 Å². The summed E-state index contributed by atoms with van der Waals surface area (Å²) in [5.41, 5.74) is 7.28.